The Balaban J connectivity index is 0.837. The second kappa shape index (κ2) is 16.5. The number of imide groups is 2. The summed E-state index contributed by atoms with van der Waals surface area (Å²) in [5.41, 5.74) is 10.8. The number of halogens is 3. The lowest BCUT2D eigenvalue weighted by atomic mass is 10.0. The summed E-state index contributed by atoms with van der Waals surface area (Å²) in [6, 6.07) is 16.3. The van der Waals surface area contributed by atoms with E-state index in [1.54, 1.807) is 30.3 Å². The molecule has 1 atom stereocenters. The molecule has 0 saturated carbocycles. The molecule has 0 spiro atoms. The van der Waals surface area contributed by atoms with Crippen LogP contribution in [-0.2, 0) is 27.5 Å². The smallest absolute Gasteiger partial charge is 0.406 e. The van der Waals surface area contributed by atoms with Crippen molar-refractivity contribution in [1.82, 2.24) is 29.5 Å². The number of aromatic nitrogens is 1. The Bertz CT molecular complexity index is 2280. The molecule has 8 rings (SSSR count). The fourth-order valence-electron chi connectivity index (χ4n) is 8.48. The van der Waals surface area contributed by atoms with E-state index in [1.807, 2.05) is 11.1 Å². The van der Waals surface area contributed by atoms with Crippen molar-refractivity contribution in [2.75, 3.05) is 70.3 Å². The summed E-state index contributed by atoms with van der Waals surface area (Å²) >= 11 is 0. The maximum absolute atomic E-state index is 13.4. The molecule has 1 unspecified atom stereocenters. The molecule has 5 amide bonds. The van der Waals surface area contributed by atoms with Gasteiger partial charge in [0.2, 0.25) is 17.7 Å². The van der Waals surface area contributed by atoms with Crippen molar-refractivity contribution in [2.45, 2.75) is 44.8 Å². The van der Waals surface area contributed by atoms with E-state index < -0.39 is 36.0 Å². The van der Waals surface area contributed by atoms with Gasteiger partial charge in [0.05, 0.1) is 17.7 Å². The topological polar surface area (TPSA) is 154 Å². The first-order chi connectivity index (χ1) is 28.3. The molecule has 0 bridgehead atoms. The number of benzene rings is 3. The Kier molecular flexibility index (Phi) is 11.2. The highest BCUT2D eigenvalue weighted by molar-refractivity contribution is 6.23. The van der Waals surface area contributed by atoms with Crippen LogP contribution in [0.2, 0.25) is 0 Å². The third kappa shape index (κ3) is 8.54. The monoisotopic (exact) mass is 814 g/mol. The van der Waals surface area contributed by atoms with Gasteiger partial charge in [-0.1, -0.05) is 18.2 Å². The standard InChI is InChI=1S/C42H45F3N8O6/c43-42(44,45)59-30-6-3-28(4-7-30)34-25-52(13-1-12-46)35-9-2-27(22-32(34)35)24-48-14-16-49(17-15-48)26-38(55)51-20-18-50(19-21-51)29-5-8-31-33(23-29)41(58)53(40(31)57)36-10-11-37(54)47-39(36)56/h2-9,22-23,25,36H,1,10-21,24,26,46H2,(H,47,54,56). The van der Waals surface area contributed by atoms with Gasteiger partial charge in [0.25, 0.3) is 11.8 Å². The van der Waals surface area contributed by atoms with E-state index in [9.17, 15) is 37.1 Å². The van der Waals surface area contributed by atoms with Crippen LogP contribution in [0.5, 0.6) is 5.75 Å². The largest absolute Gasteiger partial charge is 0.573 e. The number of fused-ring (bicyclic) bond motifs is 2. The van der Waals surface area contributed by atoms with E-state index in [2.05, 4.69) is 47.5 Å². The quantitative estimate of drug-likeness (QED) is 0.216. The van der Waals surface area contributed by atoms with Crippen molar-refractivity contribution < 1.29 is 41.9 Å². The van der Waals surface area contributed by atoms with Crippen molar-refractivity contribution in [2.24, 2.45) is 5.73 Å². The fourth-order valence-corrected chi connectivity index (χ4v) is 8.48. The summed E-state index contributed by atoms with van der Waals surface area (Å²) in [7, 11) is 0. The van der Waals surface area contributed by atoms with Gasteiger partial charge >= 0.3 is 6.36 Å². The Morgan fingerprint density at radius 3 is 2.22 bits per heavy atom. The number of nitrogens with one attached hydrogen (secondary N) is 1. The molecule has 4 aliphatic heterocycles. The molecule has 3 saturated heterocycles. The lowest BCUT2D eigenvalue weighted by Crippen LogP contribution is -2.54. The zero-order valence-electron chi connectivity index (χ0n) is 32.4. The van der Waals surface area contributed by atoms with Crippen LogP contribution in [0.3, 0.4) is 0 Å². The number of ether oxygens (including phenoxy) is 1. The second-order valence-corrected chi connectivity index (χ2v) is 15.4. The molecule has 17 heteroatoms. The number of hydrogen-bond donors (Lipinski definition) is 2. The summed E-state index contributed by atoms with van der Waals surface area (Å²) < 4.78 is 44.5. The van der Waals surface area contributed by atoms with Gasteiger partial charge in [-0.15, -0.1) is 13.2 Å². The molecule has 4 aromatic rings. The van der Waals surface area contributed by atoms with Crippen molar-refractivity contribution in [1.29, 1.82) is 0 Å². The number of anilines is 1. The van der Waals surface area contributed by atoms with E-state index in [-0.39, 0.29) is 35.6 Å². The zero-order chi connectivity index (χ0) is 41.4. The van der Waals surface area contributed by atoms with Crippen LogP contribution < -0.4 is 20.7 Å². The lowest BCUT2D eigenvalue weighted by molar-refractivity contribution is -0.274. The number of nitrogens with zero attached hydrogens (tertiary/aromatic N) is 6. The summed E-state index contributed by atoms with van der Waals surface area (Å²) in [5.74, 6) is -2.38. The van der Waals surface area contributed by atoms with E-state index in [1.165, 1.54) is 12.1 Å². The number of aryl methyl sites for hydroxylation is 1. The highest BCUT2D eigenvalue weighted by Crippen LogP contribution is 2.35. The predicted molar refractivity (Wildman–Crippen MR) is 211 cm³/mol. The van der Waals surface area contributed by atoms with Crippen molar-refractivity contribution >= 4 is 46.1 Å². The number of carbonyl (C=O) groups excluding carboxylic acids is 5. The van der Waals surface area contributed by atoms with Gasteiger partial charge in [0.1, 0.15) is 11.8 Å². The summed E-state index contributed by atoms with van der Waals surface area (Å²) in [5, 5.41) is 3.22. The minimum Gasteiger partial charge on any atom is -0.406 e. The van der Waals surface area contributed by atoms with Crippen molar-refractivity contribution in [3.05, 3.63) is 83.6 Å². The van der Waals surface area contributed by atoms with Crippen molar-refractivity contribution in [3.8, 4) is 16.9 Å². The SMILES string of the molecule is NCCCn1cc(-c2ccc(OC(F)(F)F)cc2)c2cc(CN3CCN(CC(=O)N4CCN(c5ccc6c(c5)C(=O)N(C5CCC(=O)NC5=O)C6=O)CC4)CC3)ccc21. The molecular formula is C42H45F3N8O6. The minimum absolute atomic E-state index is 0.0544. The first-order valence-electron chi connectivity index (χ1n) is 19.9. The van der Waals surface area contributed by atoms with Gasteiger partial charge in [0.15, 0.2) is 0 Å². The Hall–Kier alpha value is -5.78. The molecule has 14 nitrogen and oxygen atoms in total. The van der Waals surface area contributed by atoms with Gasteiger partial charge in [-0.2, -0.15) is 0 Å². The second-order valence-electron chi connectivity index (χ2n) is 15.4. The van der Waals surface area contributed by atoms with Crippen LogP contribution in [-0.4, -0.2) is 132 Å². The molecule has 3 aromatic carbocycles. The molecule has 5 heterocycles. The number of alkyl halides is 3. The first kappa shape index (κ1) is 40.0. The maximum atomic E-state index is 13.4. The first-order valence-corrected chi connectivity index (χ1v) is 19.9. The molecule has 0 aliphatic carbocycles. The maximum Gasteiger partial charge on any atom is 0.573 e. The highest BCUT2D eigenvalue weighted by Gasteiger charge is 2.45. The zero-order valence-corrected chi connectivity index (χ0v) is 32.4. The third-order valence-electron chi connectivity index (χ3n) is 11.6. The van der Waals surface area contributed by atoms with Crippen LogP contribution in [0.25, 0.3) is 22.0 Å². The number of carbonyl (C=O) groups is 5. The van der Waals surface area contributed by atoms with Crippen LogP contribution in [0.4, 0.5) is 18.9 Å². The molecule has 3 N–H and O–H groups in total. The van der Waals surface area contributed by atoms with Gasteiger partial charge in [-0.25, -0.2) is 0 Å². The van der Waals surface area contributed by atoms with E-state index in [4.69, 9.17) is 5.73 Å². The van der Waals surface area contributed by atoms with Gasteiger partial charge in [-0.3, -0.25) is 44.0 Å². The van der Waals surface area contributed by atoms with Gasteiger partial charge in [-0.05, 0) is 73.0 Å². The third-order valence-corrected chi connectivity index (χ3v) is 11.6. The Morgan fingerprint density at radius 2 is 1.53 bits per heavy atom. The van der Waals surface area contributed by atoms with Crippen LogP contribution in [0, 0.1) is 0 Å². The van der Waals surface area contributed by atoms with Crippen LogP contribution in [0.1, 0.15) is 45.5 Å². The average molecular weight is 815 g/mol. The summed E-state index contributed by atoms with van der Waals surface area (Å²) in [6.07, 6.45) is -1.81. The normalized spacial score (nSPS) is 19.5. The number of amides is 5. The molecule has 310 valence electrons. The Labute approximate surface area is 338 Å². The molecule has 0 radical (unpaired) electrons. The van der Waals surface area contributed by atoms with Crippen LogP contribution in [0.15, 0.2) is 66.9 Å². The molecule has 1 aromatic heterocycles. The minimum atomic E-state index is -4.76. The predicted octanol–water partition coefficient (Wildman–Crippen LogP) is 3.42. The van der Waals surface area contributed by atoms with Gasteiger partial charge < -0.3 is 24.8 Å². The lowest BCUT2D eigenvalue weighted by Gasteiger charge is -2.38. The van der Waals surface area contributed by atoms with Crippen molar-refractivity contribution in [3.63, 3.8) is 0 Å². The number of nitrogens with two attached hydrogens (primary N) is 1. The molecular weight excluding hydrogens is 770 g/mol. The number of rotatable bonds is 11. The van der Waals surface area contributed by atoms with Crippen LogP contribution >= 0.6 is 0 Å². The van der Waals surface area contributed by atoms with E-state index in [0.717, 1.165) is 70.8 Å². The summed E-state index contributed by atoms with van der Waals surface area (Å²) in [6.45, 7) is 7.44. The Morgan fingerprint density at radius 1 is 0.814 bits per heavy atom. The van der Waals surface area contributed by atoms with E-state index >= 15 is 0 Å². The van der Waals surface area contributed by atoms with Gasteiger partial charge in [0, 0.05) is 100 Å². The number of piperazine rings is 2. The van der Waals surface area contributed by atoms with E-state index in [0.29, 0.717) is 52.4 Å². The molecule has 3 fully saturated rings. The number of hydrogen-bond acceptors (Lipinski definition) is 10. The average Bonchev–Trinajstić information content (AvgIpc) is 3.70. The number of piperidine rings is 1. The summed E-state index contributed by atoms with van der Waals surface area (Å²) in [4.78, 5) is 73.3. The fraction of sp³-hybridized carbons (Fsp3) is 0.405. The molecule has 4 aliphatic rings. The molecule has 59 heavy (non-hydrogen) atoms. The highest BCUT2D eigenvalue weighted by atomic mass is 19.4.